The van der Waals surface area contributed by atoms with Crippen molar-refractivity contribution < 1.29 is 24.1 Å². The van der Waals surface area contributed by atoms with Crippen LogP contribution in [0.5, 0.6) is 0 Å². The van der Waals surface area contributed by atoms with E-state index in [0.717, 1.165) is 59.9 Å². The maximum absolute atomic E-state index is 12.3. The van der Waals surface area contributed by atoms with Crippen LogP contribution in [-0.2, 0) is 9.68 Å². The number of fused-ring (bicyclic) bond motifs is 2. The number of aryl methyl sites for hydroxylation is 4. The summed E-state index contributed by atoms with van der Waals surface area (Å²) in [5, 5.41) is 13.3. The minimum atomic E-state index is -0.344. The van der Waals surface area contributed by atoms with Gasteiger partial charge in [-0.3, -0.25) is 24.1 Å². The Labute approximate surface area is 302 Å². The molecule has 264 valence electrons. The minimum Gasteiger partial charge on any atom is -0.352 e. The Morgan fingerprint density at radius 1 is 0.686 bits per heavy atom. The molecule has 14 nitrogen and oxygen atoms in total. The monoisotopic (exact) mass is 727 g/mol. The summed E-state index contributed by atoms with van der Waals surface area (Å²) in [4.78, 5) is 65.2. The van der Waals surface area contributed by atoms with Crippen LogP contribution in [0.3, 0.4) is 0 Å². The largest absolute Gasteiger partial charge is 0.352 e. The third-order valence-electron chi connectivity index (χ3n) is 7.72. The number of aromatic nitrogens is 4. The first kappa shape index (κ1) is 36.7. The molecule has 0 unspecified atom stereocenters. The molecule has 3 amide bonds. The Kier molecular flexibility index (Phi) is 11.8. The summed E-state index contributed by atoms with van der Waals surface area (Å²) in [7, 11) is 2.79. The smallest absolute Gasteiger partial charge is 0.274 e. The average molecular weight is 728 g/mol. The van der Waals surface area contributed by atoms with Gasteiger partial charge >= 0.3 is 0 Å². The van der Waals surface area contributed by atoms with Gasteiger partial charge in [0.1, 0.15) is 34.0 Å². The van der Waals surface area contributed by atoms with Crippen molar-refractivity contribution in [3.05, 3.63) is 92.7 Å². The maximum Gasteiger partial charge on any atom is 0.274 e. The number of benzene rings is 2. The number of rotatable bonds is 10. The van der Waals surface area contributed by atoms with Crippen LogP contribution >= 0.6 is 22.7 Å². The molecule has 16 heteroatoms. The number of nitrogens with zero attached hydrogens (tertiary/aromatic N) is 4. The van der Waals surface area contributed by atoms with Crippen molar-refractivity contribution in [3.63, 3.8) is 0 Å². The third-order valence-corrected chi connectivity index (χ3v) is 9.92. The number of anilines is 4. The summed E-state index contributed by atoms with van der Waals surface area (Å²) in [6.45, 7) is 10.2. The Hall–Kier alpha value is -5.55. The van der Waals surface area contributed by atoms with Crippen LogP contribution in [0, 0.1) is 27.7 Å². The lowest BCUT2D eigenvalue weighted by molar-refractivity contribution is 0.0533. The van der Waals surface area contributed by atoms with Gasteiger partial charge in [-0.15, -0.1) is 22.7 Å². The zero-order valence-electron chi connectivity index (χ0n) is 29.0. The second kappa shape index (κ2) is 16.4. The molecule has 0 radical (unpaired) electrons. The number of amides is 3. The number of hydroxylamine groups is 2. The quantitative estimate of drug-likeness (QED) is 0.0981. The van der Waals surface area contributed by atoms with E-state index in [1.54, 1.807) is 35.6 Å². The lowest BCUT2D eigenvalue weighted by atomic mass is 10.1. The summed E-state index contributed by atoms with van der Waals surface area (Å²) in [5.74, 6) is 0.560. The summed E-state index contributed by atoms with van der Waals surface area (Å²) in [5.41, 5.74) is 11.0. The van der Waals surface area contributed by atoms with Gasteiger partial charge in [0.05, 0.1) is 29.9 Å². The third kappa shape index (κ3) is 8.26. The normalized spacial score (nSPS) is 10.7. The highest BCUT2D eigenvalue weighted by Gasteiger charge is 2.20. The molecule has 0 saturated heterocycles. The highest BCUT2D eigenvalue weighted by molar-refractivity contribution is 7.20. The van der Waals surface area contributed by atoms with Gasteiger partial charge in [0.2, 0.25) is 0 Å². The average Bonchev–Trinajstić information content (AvgIpc) is 3.67. The molecular formula is C35H37N9O5S2. The van der Waals surface area contributed by atoms with Crippen LogP contribution in [0.25, 0.3) is 20.4 Å². The highest BCUT2D eigenvalue weighted by Crippen LogP contribution is 2.35. The standard InChI is InChI=1S/C19H21N5O3S.C16H16N4O2S/c1-5-20-18(26)15-11(3)14-16(21-9-22-19(14)28-15)23-13-8-12(7-6-10(13)2)17(25)24-27-4;1-9-4-5-11(15(21)20-22-3)6-12(9)19-14-13-10(2)7-23-16(13)18-8-17-14/h6-9H,5H2,1-4H3,(H,20,26)(H,24,25)(H,21,22,23);4-8H,1-3H3,(H,20,21)(H,17,18,19). The van der Waals surface area contributed by atoms with E-state index in [0.29, 0.717) is 28.4 Å². The van der Waals surface area contributed by atoms with Crippen LogP contribution in [0.15, 0.2) is 54.4 Å². The van der Waals surface area contributed by atoms with Crippen molar-refractivity contribution in [1.82, 2.24) is 36.2 Å². The van der Waals surface area contributed by atoms with Gasteiger partial charge < -0.3 is 16.0 Å². The first-order chi connectivity index (χ1) is 24.6. The minimum absolute atomic E-state index is 0.122. The molecule has 0 fully saturated rings. The zero-order chi connectivity index (χ0) is 36.7. The van der Waals surface area contributed by atoms with E-state index in [1.165, 1.54) is 38.2 Å². The van der Waals surface area contributed by atoms with Gasteiger partial charge in [0.15, 0.2) is 0 Å². The molecular weight excluding hydrogens is 691 g/mol. The molecule has 2 aromatic carbocycles. The fourth-order valence-electron chi connectivity index (χ4n) is 5.09. The molecule has 0 aliphatic carbocycles. The van der Waals surface area contributed by atoms with E-state index in [1.807, 2.05) is 46.8 Å². The van der Waals surface area contributed by atoms with Gasteiger partial charge in [-0.25, -0.2) is 30.9 Å². The van der Waals surface area contributed by atoms with E-state index < -0.39 is 0 Å². The van der Waals surface area contributed by atoms with Gasteiger partial charge in [0, 0.05) is 29.0 Å². The molecule has 6 rings (SSSR count). The lowest BCUT2D eigenvalue weighted by Crippen LogP contribution is -2.22. The Morgan fingerprint density at radius 2 is 1.22 bits per heavy atom. The lowest BCUT2D eigenvalue weighted by Gasteiger charge is -2.12. The van der Waals surface area contributed by atoms with Crippen LogP contribution in [0.1, 0.15) is 59.6 Å². The Morgan fingerprint density at radius 3 is 1.75 bits per heavy atom. The SMILES string of the molecule is CCNC(=O)c1sc2ncnc(Nc3cc(C(=O)NOC)ccc3C)c2c1C.CONC(=O)c1ccc(C)c(Nc2ncnc3scc(C)c23)c1. The number of nitrogens with one attached hydrogen (secondary N) is 5. The van der Waals surface area contributed by atoms with E-state index in [4.69, 9.17) is 0 Å². The van der Waals surface area contributed by atoms with Crippen LogP contribution in [0.4, 0.5) is 23.0 Å². The predicted octanol–water partition coefficient (Wildman–Crippen LogP) is 6.44. The molecule has 0 aliphatic heterocycles. The molecule has 0 bridgehead atoms. The van der Waals surface area contributed by atoms with Crippen molar-refractivity contribution in [2.45, 2.75) is 34.6 Å². The summed E-state index contributed by atoms with van der Waals surface area (Å²) >= 11 is 2.92. The number of hydrogen-bond donors (Lipinski definition) is 5. The molecule has 0 saturated carbocycles. The predicted molar refractivity (Wildman–Crippen MR) is 200 cm³/mol. The number of carbonyl (C=O) groups is 3. The van der Waals surface area contributed by atoms with Gasteiger partial charge in [-0.2, -0.15) is 0 Å². The van der Waals surface area contributed by atoms with Gasteiger partial charge in [-0.05, 0) is 86.5 Å². The number of carbonyl (C=O) groups excluding carboxylic acids is 3. The highest BCUT2D eigenvalue weighted by atomic mass is 32.1. The van der Waals surface area contributed by atoms with E-state index in [9.17, 15) is 14.4 Å². The second-order valence-corrected chi connectivity index (χ2v) is 13.1. The number of hydrogen-bond acceptors (Lipinski definition) is 13. The first-order valence-corrected chi connectivity index (χ1v) is 17.4. The van der Waals surface area contributed by atoms with Gasteiger partial charge in [0.25, 0.3) is 17.7 Å². The van der Waals surface area contributed by atoms with Crippen LogP contribution in [-0.4, -0.2) is 58.4 Å². The molecule has 0 atom stereocenters. The Balaban J connectivity index is 0.000000201. The molecule has 51 heavy (non-hydrogen) atoms. The molecule has 0 aliphatic rings. The van der Waals surface area contributed by atoms with E-state index in [-0.39, 0.29) is 17.7 Å². The fraction of sp³-hybridized carbons (Fsp3) is 0.229. The van der Waals surface area contributed by atoms with E-state index >= 15 is 0 Å². The van der Waals surface area contributed by atoms with Crippen molar-refractivity contribution >= 4 is 83.8 Å². The van der Waals surface area contributed by atoms with Crippen molar-refractivity contribution in [3.8, 4) is 0 Å². The zero-order valence-corrected chi connectivity index (χ0v) is 30.7. The maximum atomic E-state index is 12.3. The van der Waals surface area contributed by atoms with Crippen molar-refractivity contribution in [2.75, 3.05) is 31.4 Å². The summed E-state index contributed by atoms with van der Waals surface area (Å²) in [6.07, 6.45) is 3.00. The summed E-state index contributed by atoms with van der Waals surface area (Å²) in [6, 6.07) is 10.7. The molecule has 4 heterocycles. The molecule has 0 spiro atoms. The first-order valence-electron chi connectivity index (χ1n) is 15.7. The van der Waals surface area contributed by atoms with Crippen molar-refractivity contribution in [2.24, 2.45) is 0 Å². The second-order valence-electron chi connectivity index (χ2n) is 11.2. The summed E-state index contributed by atoms with van der Waals surface area (Å²) < 4.78 is 0. The molecule has 6 aromatic rings. The molecule has 4 aromatic heterocycles. The Bertz CT molecular complexity index is 2240. The molecule has 5 N–H and O–H groups in total. The van der Waals surface area contributed by atoms with Crippen LogP contribution < -0.4 is 26.9 Å². The topological polar surface area (TPSA) is 181 Å². The van der Waals surface area contributed by atoms with Crippen molar-refractivity contribution in [1.29, 1.82) is 0 Å². The van der Waals surface area contributed by atoms with Crippen LogP contribution in [0.2, 0.25) is 0 Å². The number of thiophene rings is 2. The van der Waals surface area contributed by atoms with Gasteiger partial charge in [-0.1, -0.05) is 12.1 Å². The fourth-order valence-corrected chi connectivity index (χ4v) is 7.04. The van der Waals surface area contributed by atoms with E-state index in [2.05, 4.69) is 61.9 Å².